The van der Waals surface area contributed by atoms with Crippen LogP contribution in [-0.2, 0) is 0 Å². The van der Waals surface area contributed by atoms with E-state index in [1.165, 1.54) is 36.4 Å². The summed E-state index contributed by atoms with van der Waals surface area (Å²) in [5.41, 5.74) is 7.27. The molecule has 0 saturated heterocycles. The van der Waals surface area contributed by atoms with Gasteiger partial charge in [-0.1, -0.05) is 23.2 Å². The molecule has 3 N–H and O–H groups in total. The Morgan fingerprint density at radius 1 is 0.792 bits per heavy atom. The number of nitro benzene ring substituents is 2. The molecule has 2 aromatic carbocycles. The average Bonchev–Trinajstić information content (AvgIpc) is 2.49. The molecule has 0 saturated carbocycles. The number of hydrazine groups is 2. The lowest BCUT2D eigenvalue weighted by molar-refractivity contribution is -0.384. The second kappa shape index (κ2) is 8.50. The topological polar surface area (TPSA) is 122 Å². The van der Waals surface area contributed by atoms with Crippen LogP contribution in [0, 0.1) is 20.2 Å². The largest absolute Gasteiger partial charge is 0.298 e. The Hall–Kier alpha value is -2.33. The van der Waals surface area contributed by atoms with E-state index in [-0.39, 0.29) is 45.2 Å². The van der Waals surface area contributed by atoms with Crippen molar-refractivity contribution >= 4 is 58.4 Å². The molecule has 24 heavy (non-hydrogen) atoms. The van der Waals surface area contributed by atoms with Crippen molar-refractivity contribution in [2.24, 2.45) is 0 Å². The average molecular weight is 395 g/mol. The van der Waals surface area contributed by atoms with Crippen molar-refractivity contribution in [1.29, 1.82) is 0 Å². The first-order valence-electron chi connectivity index (χ1n) is 6.03. The van der Waals surface area contributed by atoms with Gasteiger partial charge in [0.25, 0.3) is 11.4 Å². The van der Waals surface area contributed by atoms with Gasteiger partial charge in [0, 0.05) is 22.2 Å². The Labute approximate surface area is 151 Å². The van der Waals surface area contributed by atoms with E-state index >= 15 is 0 Å². The van der Waals surface area contributed by atoms with Crippen LogP contribution in [0.1, 0.15) is 0 Å². The lowest BCUT2D eigenvalue weighted by Gasteiger charge is -2.11. The lowest BCUT2D eigenvalue weighted by Crippen LogP contribution is -2.28. The number of hydrogen-bond donors (Lipinski definition) is 3. The van der Waals surface area contributed by atoms with Crippen LogP contribution in [0.3, 0.4) is 0 Å². The molecule has 0 heterocycles. The minimum Gasteiger partial charge on any atom is -0.298 e. The zero-order valence-electron chi connectivity index (χ0n) is 11.7. The smallest absolute Gasteiger partial charge is 0.295 e. The van der Waals surface area contributed by atoms with E-state index in [1.54, 1.807) is 0 Å². The number of hydrogen-bond acceptors (Lipinski definition) is 7. The number of benzene rings is 2. The molecule has 12 heteroatoms. The summed E-state index contributed by atoms with van der Waals surface area (Å²) in [4.78, 5) is 20.7. The number of rotatable bonds is 6. The van der Waals surface area contributed by atoms with Gasteiger partial charge >= 0.3 is 0 Å². The third-order valence-electron chi connectivity index (χ3n) is 2.71. The molecule has 0 aliphatic heterocycles. The summed E-state index contributed by atoms with van der Waals surface area (Å²) in [6, 6.07) is 8.07. The van der Waals surface area contributed by atoms with Gasteiger partial charge in [-0.3, -0.25) is 31.1 Å². The van der Waals surface area contributed by atoms with E-state index in [2.05, 4.69) is 16.4 Å². The van der Waals surface area contributed by atoms with Gasteiger partial charge in [0.2, 0.25) is 0 Å². The summed E-state index contributed by atoms with van der Waals surface area (Å²) >= 11 is 11.4. The van der Waals surface area contributed by atoms with Gasteiger partial charge in [-0.2, -0.15) is 0 Å². The lowest BCUT2D eigenvalue weighted by atomic mass is 10.3. The van der Waals surface area contributed by atoms with Gasteiger partial charge in [-0.15, -0.1) is 17.9 Å². The maximum absolute atomic E-state index is 10.9. The first kappa shape index (κ1) is 19.7. The third kappa shape index (κ3) is 4.83. The molecule has 0 bridgehead atoms. The Balaban J connectivity index is 0.00000288. The zero-order chi connectivity index (χ0) is 17.0. The minimum atomic E-state index is -0.610. The Bertz CT molecular complexity index is 711. The van der Waals surface area contributed by atoms with E-state index in [0.29, 0.717) is 0 Å². The Kier molecular flexibility index (Phi) is 6.98. The molecular weight excluding hydrogens is 385 g/mol. The van der Waals surface area contributed by atoms with E-state index in [0.717, 1.165) is 0 Å². The van der Waals surface area contributed by atoms with Crippen molar-refractivity contribution in [3.63, 3.8) is 0 Å². The molecule has 0 atom stereocenters. The predicted molar refractivity (Wildman–Crippen MR) is 93.8 cm³/mol. The van der Waals surface area contributed by atoms with Crippen LogP contribution in [0.4, 0.5) is 22.7 Å². The van der Waals surface area contributed by atoms with Crippen molar-refractivity contribution in [3.8, 4) is 0 Å². The fraction of sp³-hybridized carbons (Fsp3) is 0. The van der Waals surface area contributed by atoms with Crippen LogP contribution in [0.2, 0.25) is 10.0 Å². The van der Waals surface area contributed by atoms with Crippen molar-refractivity contribution < 1.29 is 9.85 Å². The van der Waals surface area contributed by atoms with Crippen LogP contribution in [-0.4, -0.2) is 9.85 Å². The highest BCUT2D eigenvalue weighted by molar-refractivity contribution is 6.31. The second-order valence-corrected chi connectivity index (χ2v) is 5.09. The van der Waals surface area contributed by atoms with E-state index in [4.69, 9.17) is 23.2 Å². The molecule has 0 amide bonds. The van der Waals surface area contributed by atoms with Crippen molar-refractivity contribution in [1.82, 2.24) is 5.53 Å². The summed E-state index contributed by atoms with van der Waals surface area (Å²) in [5, 5.41) is 22.3. The first-order chi connectivity index (χ1) is 10.9. The molecule has 0 spiro atoms. The van der Waals surface area contributed by atoms with Crippen molar-refractivity contribution in [2.75, 3.05) is 10.9 Å². The zero-order valence-corrected chi connectivity index (χ0v) is 14.0. The molecule has 128 valence electrons. The number of halogens is 3. The third-order valence-corrected chi connectivity index (χ3v) is 3.18. The van der Waals surface area contributed by atoms with E-state index in [1.807, 2.05) is 0 Å². The number of nitrogens with one attached hydrogen (secondary N) is 3. The molecule has 0 aliphatic carbocycles. The number of nitro groups is 2. The molecule has 0 aromatic heterocycles. The maximum atomic E-state index is 10.9. The van der Waals surface area contributed by atoms with Crippen LogP contribution in [0.25, 0.3) is 0 Å². The molecule has 2 rings (SSSR count). The number of nitrogens with zero attached hydrogens (tertiary/aromatic N) is 2. The standard InChI is InChI=1S/C12H9Cl2N5O4.ClH/c13-7-1-3-9(11(5-7)18(20)21)15-17-16-10-4-2-8(14)6-12(10)19(22)23;/h1-6,15-17H;1H. The molecule has 0 aliphatic rings. The monoisotopic (exact) mass is 393 g/mol. The highest BCUT2D eigenvalue weighted by atomic mass is 35.5. The quantitative estimate of drug-likeness (QED) is 0.496. The normalized spacial score (nSPS) is 9.75. The Morgan fingerprint density at radius 2 is 1.17 bits per heavy atom. The fourth-order valence-electron chi connectivity index (χ4n) is 1.69. The van der Waals surface area contributed by atoms with Gasteiger partial charge in [-0.05, 0) is 24.3 Å². The first-order valence-corrected chi connectivity index (χ1v) is 6.79. The summed E-state index contributed by atoms with van der Waals surface area (Å²) < 4.78 is 0. The molecule has 9 nitrogen and oxygen atoms in total. The molecular formula is C12H10Cl3N5O4. The van der Waals surface area contributed by atoms with Crippen molar-refractivity contribution in [3.05, 3.63) is 66.7 Å². The highest BCUT2D eigenvalue weighted by Crippen LogP contribution is 2.28. The Morgan fingerprint density at radius 3 is 1.50 bits per heavy atom. The molecule has 0 radical (unpaired) electrons. The van der Waals surface area contributed by atoms with E-state index < -0.39 is 9.85 Å². The van der Waals surface area contributed by atoms with Gasteiger partial charge < -0.3 is 0 Å². The fourth-order valence-corrected chi connectivity index (χ4v) is 2.02. The second-order valence-electron chi connectivity index (χ2n) is 4.21. The van der Waals surface area contributed by atoms with Gasteiger partial charge in [-0.25, -0.2) is 0 Å². The van der Waals surface area contributed by atoms with Gasteiger partial charge in [0.05, 0.1) is 9.85 Å². The summed E-state index contributed by atoms with van der Waals surface area (Å²) in [6.45, 7) is 0. The SMILES string of the molecule is Cl.O=[N+]([O-])c1cc(Cl)ccc1NNNc1ccc(Cl)cc1[N+](=O)[O-]. The van der Waals surface area contributed by atoms with Gasteiger partial charge in [0.15, 0.2) is 0 Å². The number of anilines is 2. The molecule has 2 aromatic rings. The molecule has 0 unspecified atom stereocenters. The van der Waals surface area contributed by atoms with Gasteiger partial charge in [0.1, 0.15) is 11.4 Å². The van der Waals surface area contributed by atoms with Crippen LogP contribution in [0.5, 0.6) is 0 Å². The van der Waals surface area contributed by atoms with Crippen LogP contribution >= 0.6 is 35.6 Å². The minimum absolute atomic E-state index is 0. The molecule has 0 fully saturated rings. The maximum Gasteiger partial charge on any atom is 0.295 e. The highest BCUT2D eigenvalue weighted by Gasteiger charge is 2.16. The van der Waals surface area contributed by atoms with Crippen LogP contribution < -0.4 is 16.4 Å². The summed E-state index contributed by atoms with van der Waals surface area (Å²) in [5.74, 6) is 0. The van der Waals surface area contributed by atoms with Crippen LogP contribution in [0.15, 0.2) is 36.4 Å². The summed E-state index contributed by atoms with van der Waals surface area (Å²) in [7, 11) is 0. The van der Waals surface area contributed by atoms with Crippen molar-refractivity contribution in [2.45, 2.75) is 0 Å². The van der Waals surface area contributed by atoms with E-state index in [9.17, 15) is 20.2 Å². The summed E-state index contributed by atoms with van der Waals surface area (Å²) in [6.07, 6.45) is 0. The predicted octanol–water partition coefficient (Wildman–Crippen LogP) is 4.18.